The van der Waals surface area contributed by atoms with Gasteiger partial charge >= 0.3 is 5.97 Å². The van der Waals surface area contributed by atoms with Gasteiger partial charge in [0.05, 0.1) is 12.3 Å². The van der Waals surface area contributed by atoms with Gasteiger partial charge in [-0.05, 0) is 29.8 Å². The van der Waals surface area contributed by atoms with Crippen LogP contribution in [0.4, 0.5) is 0 Å². The van der Waals surface area contributed by atoms with E-state index in [1.165, 1.54) is 5.39 Å². The molecule has 6 nitrogen and oxygen atoms in total. The number of carboxylic acids is 1. The quantitative estimate of drug-likeness (QED) is 0.708. The van der Waals surface area contributed by atoms with Gasteiger partial charge in [0.1, 0.15) is 5.75 Å². The van der Waals surface area contributed by atoms with Crippen LogP contribution in [-0.2, 0) is 6.54 Å². The first-order valence-corrected chi connectivity index (χ1v) is 7.40. The second kappa shape index (κ2) is 6.48. The summed E-state index contributed by atoms with van der Waals surface area (Å²) in [7, 11) is 0. The van der Waals surface area contributed by atoms with Gasteiger partial charge in [0.2, 0.25) is 0 Å². The van der Waals surface area contributed by atoms with E-state index < -0.39 is 5.97 Å². The molecule has 6 heteroatoms. The molecule has 0 atom stereocenters. The summed E-state index contributed by atoms with van der Waals surface area (Å²) < 4.78 is 7.34. The third kappa shape index (κ3) is 3.31. The number of rotatable bonds is 6. The van der Waals surface area contributed by atoms with Crippen LogP contribution in [0.1, 0.15) is 22.6 Å². The van der Waals surface area contributed by atoms with E-state index in [0.717, 1.165) is 17.6 Å². The smallest absolute Gasteiger partial charge is 0.358 e. The zero-order chi connectivity index (χ0) is 16.2. The molecule has 0 spiro atoms. The molecule has 0 bridgehead atoms. The van der Waals surface area contributed by atoms with E-state index in [9.17, 15) is 4.79 Å². The Hall–Kier alpha value is -2.89. The average Bonchev–Trinajstić information content (AvgIpc) is 2.92. The summed E-state index contributed by atoms with van der Waals surface area (Å²) >= 11 is 0. The van der Waals surface area contributed by atoms with Crippen molar-refractivity contribution < 1.29 is 14.6 Å². The summed E-state index contributed by atoms with van der Waals surface area (Å²) in [6.45, 7) is 2.80. The van der Waals surface area contributed by atoms with Gasteiger partial charge in [-0.3, -0.25) is 0 Å². The summed E-state index contributed by atoms with van der Waals surface area (Å²) in [6.07, 6.45) is 0.718. The highest BCUT2D eigenvalue weighted by Crippen LogP contribution is 2.20. The number of carbonyl (C=O) groups is 1. The first kappa shape index (κ1) is 15.0. The van der Waals surface area contributed by atoms with Gasteiger partial charge in [0, 0.05) is 13.0 Å². The monoisotopic (exact) mass is 311 g/mol. The highest BCUT2D eigenvalue weighted by atomic mass is 16.5. The number of aryl methyl sites for hydroxylation is 1. The summed E-state index contributed by atoms with van der Waals surface area (Å²) in [5.41, 5.74) is 0.559. The first-order chi connectivity index (χ1) is 11.1. The maximum atomic E-state index is 10.9. The molecule has 0 aliphatic carbocycles. The van der Waals surface area contributed by atoms with Crippen LogP contribution in [0.15, 0.2) is 42.5 Å². The lowest BCUT2D eigenvalue weighted by Gasteiger charge is -2.08. The SMILES string of the molecule is Cc1c(C(=O)O)nnn1CCCOc1ccc2ccccc2c1. The molecule has 0 fully saturated rings. The van der Waals surface area contributed by atoms with Gasteiger partial charge in [-0.25, -0.2) is 9.48 Å². The molecular weight excluding hydrogens is 294 g/mol. The van der Waals surface area contributed by atoms with Crippen molar-refractivity contribution in [3.8, 4) is 5.75 Å². The van der Waals surface area contributed by atoms with E-state index in [1.54, 1.807) is 11.6 Å². The molecule has 0 amide bonds. The number of hydrogen-bond acceptors (Lipinski definition) is 4. The summed E-state index contributed by atoms with van der Waals surface area (Å²) in [4.78, 5) is 10.9. The zero-order valence-electron chi connectivity index (χ0n) is 12.8. The molecule has 0 saturated heterocycles. The summed E-state index contributed by atoms with van der Waals surface area (Å²) in [5, 5.41) is 18.8. The minimum Gasteiger partial charge on any atom is -0.494 e. The molecule has 2 aromatic carbocycles. The molecule has 3 rings (SSSR count). The third-order valence-electron chi connectivity index (χ3n) is 3.69. The number of carboxylic acid groups (broad SMARTS) is 1. The average molecular weight is 311 g/mol. The Morgan fingerprint density at radius 2 is 2.00 bits per heavy atom. The van der Waals surface area contributed by atoms with Crippen LogP contribution in [0, 0.1) is 6.92 Å². The van der Waals surface area contributed by atoms with E-state index >= 15 is 0 Å². The lowest BCUT2D eigenvalue weighted by molar-refractivity contribution is 0.0689. The standard InChI is InChI=1S/C17H17N3O3/c1-12-16(17(21)22)18-19-20(12)9-4-10-23-15-8-7-13-5-2-3-6-14(13)11-15/h2-3,5-8,11H,4,9-10H2,1H3,(H,21,22). The van der Waals surface area contributed by atoms with Crippen LogP contribution in [0.5, 0.6) is 5.75 Å². The van der Waals surface area contributed by atoms with Gasteiger partial charge in [-0.2, -0.15) is 0 Å². The predicted molar refractivity (Wildman–Crippen MR) is 85.8 cm³/mol. The molecule has 3 aromatic rings. The Labute approximate surface area is 133 Å². The van der Waals surface area contributed by atoms with Gasteiger partial charge in [0.25, 0.3) is 0 Å². The van der Waals surface area contributed by atoms with Crippen LogP contribution < -0.4 is 4.74 Å². The van der Waals surface area contributed by atoms with Crippen molar-refractivity contribution in [2.45, 2.75) is 19.9 Å². The lowest BCUT2D eigenvalue weighted by Crippen LogP contribution is -2.08. The number of aromatic nitrogens is 3. The number of aromatic carboxylic acids is 1. The zero-order valence-corrected chi connectivity index (χ0v) is 12.8. The topological polar surface area (TPSA) is 77.2 Å². The minimum atomic E-state index is -1.05. The molecule has 0 radical (unpaired) electrons. The largest absolute Gasteiger partial charge is 0.494 e. The Bertz CT molecular complexity index is 842. The second-order valence-corrected chi connectivity index (χ2v) is 5.26. The second-order valence-electron chi connectivity index (χ2n) is 5.26. The van der Waals surface area contributed by atoms with Crippen molar-refractivity contribution in [1.29, 1.82) is 0 Å². The van der Waals surface area contributed by atoms with Crippen molar-refractivity contribution >= 4 is 16.7 Å². The molecular formula is C17H17N3O3. The Balaban J connectivity index is 1.55. The molecule has 1 aromatic heterocycles. The maximum absolute atomic E-state index is 10.9. The fourth-order valence-corrected chi connectivity index (χ4v) is 2.43. The number of benzene rings is 2. The molecule has 0 aliphatic heterocycles. The molecule has 0 unspecified atom stereocenters. The summed E-state index contributed by atoms with van der Waals surface area (Å²) in [5.74, 6) is -0.230. The van der Waals surface area contributed by atoms with Gasteiger partial charge in [-0.1, -0.05) is 35.5 Å². The van der Waals surface area contributed by atoms with E-state index in [0.29, 0.717) is 18.8 Å². The highest BCUT2D eigenvalue weighted by Gasteiger charge is 2.14. The van der Waals surface area contributed by atoms with Crippen molar-refractivity contribution in [2.75, 3.05) is 6.61 Å². The van der Waals surface area contributed by atoms with Crippen molar-refractivity contribution in [2.24, 2.45) is 0 Å². The van der Waals surface area contributed by atoms with Crippen LogP contribution in [-0.4, -0.2) is 32.7 Å². The number of nitrogens with zero attached hydrogens (tertiary/aromatic N) is 3. The molecule has 118 valence electrons. The Morgan fingerprint density at radius 1 is 1.22 bits per heavy atom. The van der Waals surface area contributed by atoms with E-state index in [2.05, 4.69) is 16.4 Å². The summed E-state index contributed by atoms with van der Waals surface area (Å²) in [6, 6.07) is 14.1. The lowest BCUT2D eigenvalue weighted by atomic mass is 10.1. The normalized spacial score (nSPS) is 10.8. The number of hydrogen-bond donors (Lipinski definition) is 1. The number of fused-ring (bicyclic) bond motifs is 1. The van der Waals surface area contributed by atoms with E-state index in [4.69, 9.17) is 9.84 Å². The van der Waals surface area contributed by atoms with E-state index in [1.807, 2.05) is 36.4 Å². The fraction of sp³-hybridized carbons (Fsp3) is 0.235. The Kier molecular flexibility index (Phi) is 4.23. The van der Waals surface area contributed by atoms with Gasteiger partial charge in [0.15, 0.2) is 5.69 Å². The van der Waals surface area contributed by atoms with Crippen molar-refractivity contribution in [3.63, 3.8) is 0 Å². The third-order valence-corrected chi connectivity index (χ3v) is 3.69. The Morgan fingerprint density at radius 3 is 2.74 bits per heavy atom. The minimum absolute atomic E-state index is 0.000414. The molecule has 23 heavy (non-hydrogen) atoms. The van der Waals surface area contributed by atoms with E-state index in [-0.39, 0.29) is 5.69 Å². The van der Waals surface area contributed by atoms with Gasteiger partial charge < -0.3 is 9.84 Å². The van der Waals surface area contributed by atoms with Gasteiger partial charge in [-0.15, -0.1) is 5.10 Å². The number of ether oxygens (including phenoxy) is 1. The molecule has 1 N–H and O–H groups in total. The molecule has 0 saturated carbocycles. The predicted octanol–water partition coefficient (Wildman–Crippen LogP) is 2.91. The first-order valence-electron chi connectivity index (χ1n) is 7.40. The van der Waals surface area contributed by atoms with Crippen LogP contribution >= 0.6 is 0 Å². The molecule has 0 aliphatic rings. The highest BCUT2D eigenvalue weighted by molar-refractivity contribution is 5.86. The van der Waals surface area contributed by atoms with Crippen molar-refractivity contribution in [3.05, 3.63) is 53.9 Å². The van der Waals surface area contributed by atoms with Crippen LogP contribution in [0.25, 0.3) is 10.8 Å². The maximum Gasteiger partial charge on any atom is 0.358 e. The van der Waals surface area contributed by atoms with Crippen LogP contribution in [0.3, 0.4) is 0 Å². The molecule has 1 heterocycles. The van der Waals surface area contributed by atoms with Crippen molar-refractivity contribution in [1.82, 2.24) is 15.0 Å². The fourth-order valence-electron chi connectivity index (χ4n) is 2.43. The van der Waals surface area contributed by atoms with Crippen LogP contribution in [0.2, 0.25) is 0 Å².